The molecule has 176 valence electrons. The second kappa shape index (κ2) is 8.96. The van der Waals surface area contributed by atoms with Gasteiger partial charge >= 0.3 is 5.97 Å². The Balaban J connectivity index is 1.39. The smallest absolute Gasteiger partial charge is 0.325 e. The third-order valence-electron chi connectivity index (χ3n) is 6.77. The summed E-state index contributed by atoms with van der Waals surface area (Å²) in [7, 11) is 3.21. The topological polar surface area (TPSA) is 108 Å². The number of esters is 1. The van der Waals surface area contributed by atoms with Crippen molar-refractivity contribution in [3.05, 3.63) is 24.0 Å². The molecule has 9 nitrogen and oxygen atoms in total. The van der Waals surface area contributed by atoms with Crippen LogP contribution in [0, 0.1) is 5.92 Å². The normalized spacial score (nSPS) is 35.2. The summed E-state index contributed by atoms with van der Waals surface area (Å²) in [5.41, 5.74) is 0.670. The zero-order valence-electron chi connectivity index (χ0n) is 19.4. The number of nitrogens with zero attached hydrogens (tertiary/aromatic N) is 2. The van der Waals surface area contributed by atoms with Gasteiger partial charge < -0.3 is 29.0 Å². The zero-order chi connectivity index (χ0) is 22.9. The van der Waals surface area contributed by atoms with E-state index in [4.69, 9.17) is 23.7 Å². The van der Waals surface area contributed by atoms with Gasteiger partial charge in [0.2, 0.25) is 5.95 Å². The molecule has 1 aromatic heterocycles. The van der Waals surface area contributed by atoms with Crippen molar-refractivity contribution in [1.29, 1.82) is 0 Å². The highest BCUT2D eigenvalue weighted by atomic mass is 16.6. The lowest BCUT2D eigenvalue weighted by atomic mass is 9.68. The van der Waals surface area contributed by atoms with Crippen molar-refractivity contribution in [3.63, 3.8) is 0 Å². The van der Waals surface area contributed by atoms with Crippen LogP contribution < -0.4 is 10.1 Å². The van der Waals surface area contributed by atoms with Crippen LogP contribution in [-0.2, 0) is 23.7 Å². The standard InChI is InChI=1S/C23H33N3O6/c1-14(2)6-7-17-22(3,32-17)20-19(29-5)16(8-9-23(20)13-30-23)31-18(27)12-26-21-24-10-15(28-4)11-25-21/h6,10-11,16-17,19-20H,7-9,12-13H2,1-5H3,(H,24,25,26)/t16-,17-,19-,20-,22+,23+/m1/s1. The Morgan fingerprint density at radius 2 is 2.03 bits per heavy atom. The summed E-state index contributed by atoms with van der Waals surface area (Å²) < 4.78 is 28.9. The first-order valence-electron chi connectivity index (χ1n) is 11.1. The Labute approximate surface area is 188 Å². The van der Waals surface area contributed by atoms with E-state index in [9.17, 15) is 4.79 Å². The van der Waals surface area contributed by atoms with Gasteiger partial charge in [-0.2, -0.15) is 0 Å². The molecule has 1 aliphatic carbocycles. The van der Waals surface area contributed by atoms with E-state index in [2.05, 4.69) is 42.1 Å². The molecule has 6 atom stereocenters. The Morgan fingerprint density at radius 3 is 2.62 bits per heavy atom. The van der Waals surface area contributed by atoms with E-state index in [1.807, 2.05) is 0 Å². The number of ether oxygens (including phenoxy) is 5. The number of hydrogen-bond donors (Lipinski definition) is 1. The maximum Gasteiger partial charge on any atom is 0.325 e. The van der Waals surface area contributed by atoms with E-state index in [-0.39, 0.29) is 47.9 Å². The SMILES string of the molecule is COc1cnc(NCC(=O)O[C@@H]2CC[C@]3(CO3)[C@@H]([C@@]3(C)O[C@@H]3CC=C(C)C)[C@@H]2OC)nc1. The summed E-state index contributed by atoms with van der Waals surface area (Å²) in [6.45, 7) is 6.96. The van der Waals surface area contributed by atoms with Gasteiger partial charge in [-0.15, -0.1) is 0 Å². The van der Waals surface area contributed by atoms with E-state index in [0.717, 1.165) is 12.8 Å². The molecule has 0 amide bonds. The summed E-state index contributed by atoms with van der Waals surface area (Å²) >= 11 is 0. The Morgan fingerprint density at radius 1 is 1.31 bits per heavy atom. The van der Waals surface area contributed by atoms with Crippen molar-refractivity contribution in [3.8, 4) is 5.75 Å². The highest BCUT2D eigenvalue weighted by Crippen LogP contribution is 2.59. The fourth-order valence-electron chi connectivity index (χ4n) is 4.94. The lowest BCUT2D eigenvalue weighted by Crippen LogP contribution is -2.55. The quantitative estimate of drug-likeness (QED) is 0.347. The molecule has 0 aromatic carbocycles. The summed E-state index contributed by atoms with van der Waals surface area (Å²) in [6, 6.07) is 0. The number of nitrogens with one attached hydrogen (secondary N) is 1. The van der Waals surface area contributed by atoms with Crippen LogP contribution >= 0.6 is 0 Å². The summed E-state index contributed by atoms with van der Waals surface area (Å²) in [6.07, 6.45) is 7.08. The number of epoxide rings is 2. The highest BCUT2D eigenvalue weighted by Gasteiger charge is 2.72. The number of hydrogen-bond acceptors (Lipinski definition) is 9. The van der Waals surface area contributed by atoms with Crippen molar-refractivity contribution >= 4 is 11.9 Å². The van der Waals surface area contributed by atoms with Crippen molar-refractivity contribution in [2.45, 2.75) is 69.5 Å². The molecule has 2 aliphatic heterocycles. The maximum absolute atomic E-state index is 12.6. The Kier molecular flexibility index (Phi) is 6.42. The number of carbonyl (C=O) groups is 1. The number of aromatic nitrogens is 2. The van der Waals surface area contributed by atoms with Crippen LogP contribution in [0.2, 0.25) is 0 Å². The largest absolute Gasteiger partial charge is 0.494 e. The van der Waals surface area contributed by atoms with Gasteiger partial charge in [-0.3, -0.25) is 4.79 Å². The van der Waals surface area contributed by atoms with Crippen LogP contribution in [0.5, 0.6) is 5.75 Å². The molecule has 0 radical (unpaired) electrons. The molecule has 3 fully saturated rings. The number of allylic oxidation sites excluding steroid dienone is 1. The predicted molar refractivity (Wildman–Crippen MR) is 116 cm³/mol. The monoisotopic (exact) mass is 447 g/mol. The van der Waals surface area contributed by atoms with Gasteiger partial charge in [0, 0.05) is 7.11 Å². The molecule has 1 saturated carbocycles. The molecule has 3 aliphatic rings. The molecule has 32 heavy (non-hydrogen) atoms. The molecule has 0 bridgehead atoms. The molecular formula is C23H33N3O6. The van der Waals surface area contributed by atoms with Crippen LogP contribution in [0.25, 0.3) is 0 Å². The van der Waals surface area contributed by atoms with Crippen LogP contribution in [0.1, 0.15) is 40.0 Å². The zero-order valence-corrected chi connectivity index (χ0v) is 19.4. The Bertz CT molecular complexity index is 852. The van der Waals surface area contributed by atoms with Crippen LogP contribution in [0.4, 0.5) is 5.95 Å². The van der Waals surface area contributed by atoms with Gasteiger partial charge in [0.15, 0.2) is 5.75 Å². The minimum Gasteiger partial charge on any atom is -0.494 e. The van der Waals surface area contributed by atoms with E-state index in [1.54, 1.807) is 14.2 Å². The van der Waals surface area contributed by atoms with E-state index >= 15 is 0 Å². The van der Waals surface area contributed by atoms with Gasteiger partial charge in [0.25, 0.3) is 0 Å². The van der Waals surface area contributed by atoms with Crippen molar-refractivity contribution in [2.75, 3.05) is 32.7 Å². The molecule has 1 N–H and O–H groups in total. The van der Waals surface area contributed by atoms with Crippen LogP contribution in [0.3, 0.4) is 0 Å². The Hall–Kier alpha value is -2.23. The van der Waals surface area contributed by atoms with Gasteiger partial charge in [-0.05, 0) is 40.0 Å². The molecule has 2 saturated heterocycles. The van der Waals surface area contributed by atoms with Crippen molar-refractivity contribution in [2.24, 2.45) is 5.92 Å². The van der Waals surface area contributed by atoms with Gasteiger partial charge in [0.05, 0.1) is 38.1 Å². The van der Waals surface area contributed by atoms with Crippen molar-refractivity contribution < 1.29 is 28.5 Å². The molecule has 1 aromatic rings. The van der Waals surface area contributed by atoms with Gasteiger partial charge in [-0.1, -0.05) is 11.6 Å². The lowest BCUT2D eigenvalue weighted by molar-refractivity contribution is -0.170. The van der Waals surface area contributed by atoms with E-state index < -0.39 is 0 Å². The second-order valence-corrected chi connectivity index (χ2v) is 9.21. The van der Waals surface area contributed by atoms with Crippen molar-refractivity contribution in [1.82, 2.24) is 9.97 Å². The van der Waals surface area contributed by atoms with E-state index in [1.165, 1.54) is 18.0 Å². The summed E-state index contributed by atoms with van der Waals surface area (Å²) in [5, 5.41) is 2.89. The molecule has 3 heterocycles. The fraction of sp³-hybridized carbons (Fsp3) is 0.696. The number of anilines is 1. The third kappa shape index (κ3) is 4.60. The summed E-state index contributed by atoms with van der Waals surface area (Å²) in [5.74, 6) is 0.494. The van der Waals surface area contributed by atoms with Gasteiger partial charge in [0.1, 0.15) is 30.0 Å². The molecule has 1 spiro atoms. The third-order valence-corrected chi connectivity index (χ3v) is 6.77. The second-order valence-electron chi connectivity index (χ2n) is 9.21. The first kappa shape index (κ1) is 22.9. The maximum atomic E-state index is 12.6. The van der Waals surface area contributed by atoms with Gasteiger partial charge in [-0.25, -0.2) is 9.97 Å². The minimum atomic E-state index is -0.383. The number of methoxy groups -OCH3 is 2. The minimum absolute atomic E-state index is 0.00000652. The highest BCUT2D eigenvalue weighted by molar-refractivity contribution is 5.74. The molecule has 4 rings (SSSR count). The average molecular weight is 448 g/mol. The average Bonchev–Trinajstić information content (AvgIpc) is 3.69. The number of carbonyl (C=O) groups excluding carboxylic acids is 1. The predicted octanol–water partition coefficient (Wildman–Crippen LogP) is 2.52. The molecular weight excluding hydrogens is 414 g/mol. The van der Waals surface area contributed by atoms with Crippen LogP contribution in [-0.4, -0.2) is 72.8 Å². The number of rotatable bonds is 9. The lowest BCUT2D eigenvalue weighted by Gasteiger charge is -2.42. The van der Waals surface area contributed by atoms with E-state index in [0.29, 0.717) is 24.7 Å². The molecule has 0 unspecified atom stereocenters. The fourth-order valence-corrected chi connectivity index (χ4v) is 4.94. The van der Waals surface area contributed by atoms with Crippen LogP contribution in [0.15, 0.2) is 24.0 Å². The summed E-state index contributed by atoms with van der Waals surface area (Å²) in [4.78, 5) is 20.8. The molecule has 9 heteroatoms. The first-order valence-corrected chi connectivity index (χ1v) is 11.1. The first-order chi connectivity index (χ1) is 15.3.